The lowest BCUT2D eigenvalue weighted by atomic mass is 10.0. The molecule has 2 aromatic carbocycles. The Morgan fingerprint density at radius 3 is 2.46 bits per heavy atom. The number of hydrogen-bond acceptors (Lipinski definition) is 5. The van der Waals surface area contributed by atoms with E-state index in [9.17, 15) is 14.4 Å². The van der Waals surface area contributed by atoms with E-state index in [0.717, 1.165) is 51.9 Å². The summed E-state index contributed by atoms with van der Waals surface area (Å²) in [6.07, 6.45) is 4.36. The Kier molecular flexibility index (Phi) is 10.7. The summed E-state index contributed by atoms with van der Waals surface area (Å²) in [5, 5.41) is 8.41. The number of hydrogen-bond donors (Lipinski definition) is 2. The Morgan fingerprint density at radius 1 is 0.943 bits per heavy atom. The van der Waals surface area contributed by atoms with E-state index in [2.05, 4.69) is 51.7 Å². The molecule has 0 radical (unpaired) electrons. The van der Waals surface area contributed by atoms with E-state index >= 15 is 0 Å². The Labute approximate surface area is 209 Å². The van der Waals surface area contributed by atoms with E-state index in [0.29, 0.717) is 25.9 Å². The van der Waals surface area contributed by atoms with Crippen LogP contribution in [0.15, 0.2) is 42.5 Å². The van der Waals surface area contributed by atoms with Crippen molar-refractivity contribution < 1.29 is 14.4 Å². The highest BCUT2D eigenvalue weighted by Gasteiger charge is 2.22. The van der Waals surface area contributed by atoms with Crippen LogP contribution < -0.4 is 10.6 Å². The zero-order chi connectivity index (χ0) is 25.0. The van der Waals surface area contributed by atoms with Crippen molar-refractivity contribution >= 4 is 28.4 Å². The molecular formula is C28H40N4O3. The lowest BCUT2D eigenvalue weighted by Crippen LogP contribution is -2.52. The standard InChI is InChI=1S/C28H40N4O3/c1-22(33)9-4-3-5-14-26(30-27(34)21-32-19-17-31(2)18-20-32)28(35)29-16-15-24-12-8-11-23-10-6-7-13-25(23)24/h6-8,10-13,26H,3-5,9,14-21H2,1-2H3,(H,29,35)(H,30,34)/t26-/m0/s1. The molecule has 0 spiro atoms. The highest BCUT2D eigenvalue weighted by Crippen LogP contribution is 2.18. The summed E-state index contributed by atoms with van der Waals surface area (Å²) in [6, 6.07) is 13.9. The molecule has 2 amide bonds. The van der Waals surface area contributed by atoms with E-state index < -0.39 is 6.04 Å². The normalized spacial score (nSPS) is 15.6. The van der Waals surface area contributed by atoms with Gasteiger partial charge in [-0.1, -0.05) is 55.3 Å². The second kappa shape index (κ2) is 14.0. The molecule has 190 valence electrons. The predicted octanol–water partition coefficient (Wildman–Crippen LogP) is 2.77. The maximum atomic E-state index is 13.0. The van der Waals surface area contributed by atoms with Crippen molar-refractivity contribution in [1.29, 1.82) is 0 Å². The number of amides is 2. The van der Waals surface area contributed by atoms with E-state index in [4.69, 9.17) is 0 Å². The second-order valence-electron chi connectivity index (χ2n) is 9.68. The number of Topliss-reactive ketones (excluding diaryl/α,β-unsaturated/α-hetero) is 1. The average molecular weight is 481 g/mol. The molecular weight excluding hydrogens is 440 g/mol. The molecule has 2 N–H and O–H groups in total. The van der Waals surface area contributed by atoms with Crippen molar-refractivity contribution in [2.75, 3.05) is 46.3 Å². The molecule has 3 rings (SSSR count). The van der Waals surface area contributed by atoms with Crippen molar-refractivity contribution in [2.45, 2.75) is 51.5 Å². The van der Waals surface area contributed by atoms with Crippen LogP contribution in [-0.4, -0.2) is 79.8 Å². The van der Waals surface area contributed by atoms with Crippen LogP contribution in [0.1, 0.15) is 44.6 Å². The van der Waals surface area contributed by atoms with Crippen LogP contribution in [0.5, 0.6) is 0 Å². The molecule has 1 saturated heterocycles. The first kappa shape index (κ1) is 26.8. The molecule has 1 aliphatic rings. The molecule has 0 aliphatic carbocycles. The molecule has 0 aromatic heterocycles. The SMILES string of the molecule is CC(=O)CCCCC[C@H](NC(=O)CN1CCN(C)CC1)C(=O)NCCc1cccc2ccccc12. The minimum absolute atomic E-state index is 0.104. The first-order valence-electron chi connectivity index (χ1n) is 12.9. The summed E-state index contributed by atoms with van der Waals surface area (Å²) in [5.41, 5.74) is 1.20. The third-order valence-corrected chi connectivity index (χ3v) is 6.71. The van der Waals surface area contributed by atoms with Gasteiger partial charge in [-0.15, -0.1) is 0 Å². The lowest BCUT2D eigenvalue weighted by Gasteiger charge is -2.32. The second-order valence-corrected chi connectivity index (χ2v) is 9.68. The topological polar surface area (TPSA) is 81.8 Å². The van der Waals surface area contributed by atoms with Crippen LogP contribution in [0.3, 0.4) is 0 Å². The van der Waals surface area contributed by atoms with Gasteiger partial charge in [-0.3, -0.25) is 14.5 Å². The maximum Gasteiger partial charge on any atom is 0.242 e. The van der Waals surface area contributed by atoms with E-state index in [1.807, 2.05) is 18.2 Å². The smallest absolute Gasteiger partial charge is 0.242 e. The van der Waals surface area contributed by atoms with Gasteiger partial charge in [-0.2, -0.15) is 0 Å². The quantitative estimate of drug-likeness (QED) is 0.431. The molecule has 0 unspecified atom stereocenters. The van der Waals surface area contributed by atoms with Crippen molar-refractivity contribution in [3.8, 4) is 0 Å². The van der Waals surface area contributed by atoms with E-state index in [1.54, 1.807) is 6.92 Å². The Balaban J connectivity index is 1.52. The van der Waals surface area contributed by atoms with Gasteiger partial charge in [0.1, 0.15) is 11.8 Å². The minimum atomic E-state index is -0.556. The number of likely N-dealkylation sites (N-methyl/N-ethyl adjacent to an activating group) is 1. The van der Waals surface area contributed by atoms with Gasteiger partial charge in [0.2, 0.25) is 11.8 Å². The number of piperazine rings is 1. The number of nitrogens with zero attached hydrogens (tertiary/aromatic N) is 2. The van der Waals surface area contributed by atoms with Crippen LogP contribution in [0.2, 0.25) is 0 Å². The van der Waals surface area contributed by atoms with Crippen molar-refractivity contribution in [1.82, 2.24) is 20.4 Å². The minimum Gasteiger partial charge on any atom is -0.354 e. The summed E-state index contributed by atoms with van der Waals surface area (Å²) in [4.78, 5) is 41.4. The fraction of sp³-hybridized carbons (Fsp3) is 0.536. The summed E-state index contributed by atoms with van der Waals surface area (Å²) in [6.45, 7) is 6.04. The van der Waals surface area contributed by atoms with Gasteiger partial charge >= 0.3 is 0 Å². The molecule has 1 atom stereocenters. The number of unbranched alkanes of at least 4 members (excludes halogenated alkanes) is 2. The van der Waals surface area contributed by atoms with Gasteiger partial charge in [0, 0.05) is 39.1 Å². The molecule has 0 bridgehead atoms. The molecule has 0 saturated carbocycles. The number of carbonyl (C=O) groups excluding carboxylic acids is 3. The van der Waals surface area contributed by atoms with Crippen molar-refractivity contribution in [3.63, 3.8) is 0 Å². The van der Waals surface area contributed by atoms with Crippen LogP contribution in [-0.2, 0) is 20.8 Å². The van der Waals surface area contributed by atoms with Gasteiger partial charge in [0.15, 0.2) is 0 Å². The third kappa shape index (κ3) is 9.07. The number of carbonyl (C=O) groups is 3. The summed E-state index contributed by atoms with van der Waals surface area (Å²) in [7, 11) is 2.09. The highest BCUT2D eigenvalue weighted by molar-refractivity contribution is 5.88. The fourth-order valence-corrected chi connectivity index (χ4v) is 4.57. The van der Waals surface area contributed by atoms with Crippen LogP contribution >= 0.6 is 0 Å². The zero-order valence-corrected chi connectivity index (χ0v) is 21.2. The van der Waals surface area contributed by atoms with Crippen LogP contribution in [0.25, 0.3) is 10.8 Å². The monoisotopic (exact) mass is 480 g/mol. The summed E-state index contributed by atoms with van der Waals surface area (Å²) < 4.78 is 0. The molecule has 1 fully saturated rings. The Hall–Kier alpha value is -2.77. The van der Waals surface area contributed by atoms with Crippen molar-refractivity contribution in [2.24, 2.45) is 0 Å². The fourth-order valence-electron chi connectivity index (χ4n) is 4.57. The van der Waals surface area contributed by atoms with E-state index in [1.165, 1.54) is 16.3 Å². The third-order valence-electron chi connectivity index (χ3n) is 6.71. The molecule has 7 heteroatoms. The summed E-state index contributed by atoms with van der Waals surface area (Å²) >= 11 is 0. The van der Waals surface area contributed by atoms with Gasteiger partial charge in [0.05, 0.1) is 6.54 Å². The average Bonchev–Trinajstić information content (AvgIpc) is 2.84. The number of rotatable bonds is 13. The first-order valence-corrected chi connectivity index (χ1v) is 12.9. The highest BCUT2D eigenvalue weighted by atomic mass is 16.2. The largest absolute Gasteiger partial charge is 0.354 e. The van der Waals surface area contributed by atoms with Crippen LogP contribution in [0, 0.1) is 0 Å². The Bertz CT molecular complexity index is 980. The van der Waals surface area contributed by atoms with Gasteiger partial charge < -0.3 is 20.3 Å². The number of nitrogens with one attached hydrogen (secondary N) is 2. The van der Waals surface area contributed by atoms with Crippen LogP contribution in [0.4, 0.5) is 0 Å². The predicted molar refractivity (Wildman–Crippen MR) is 140 cm³/mol. The van der Waals surface area contributed by atoms with Gasteiger partial charge in [0.25, 0.3) is 0 Å². The number of ketones is 1. The molecule has 35 heavy (non-hydrogen) atoms. The number of benzene rings is 2. The first-order chi connectivity index (χ1) is 16.9. The lowest BCUT2D eigenvalue weighted by molar-refractivity contribution is -0.130. The van der Waals surface area contributed by atoms with E-state index in [-0.39, 0.29) is 17.6 Å². The number of fused-ring (bicyclic) bond motifs is 1. The van der Waals surface area contributed by atoms with Gasteiger partial charge in [-0.25, -0.2) is 0 Å². The summed E-state index contributed by atoms with van der Waals surface area (Å²) in [5.74, 6) is -0.0516. The maximum absolute atomic E-state index is 13.0. The molecule has 7 nitrogen and oxygen atoms in total. The zero-order valence-electron chi connectivity index (χ0n) is 21.2. The van der Waals surface area contributed by atoms with Crippen molar-refractivity contribution in [3.05, 3.63) is 48.0 Å². The molecule has 1 heterocycles. The van der Waals surface area contributed by atoms with Gasteiger partial charge in [-0.05, 0) is 49.6 Å². The molecule has 1 aliphatic heterocycles. The molecule has 2 aromatic rings. The Morgan fingerprint density at radius 2 is 1.69 bits per heavy atom.